The Hall–Kier alpha value is -1.89. The van der Waals surface area contributed by atoms with E-state index in [1.165, 1.54) is 10.4 Å². The molecule has 0 aliphatic carbocycles. The second-order valence-electron chi connectivity index (χ2n) is 6.25. The van der Waals surface area contributed by atoms with Crippen molar-refractivity contribution in [3.8, 4) is 0 Å². The number of rotatable bonds is 5. The highest BCUT2D eigenvalue weighted by molar-refractivity contribution is 7.11. The molecule has 7 heteroatoms. The fourth-order valence-corrected chi connectivity index (χ4v) is 4.23. The number of aryl methyl sites for hydroxylation is 3. The average Bonchev–Trinajstić information content (AvgIpc) is 3.27. The van der Waals surface area contributed by atoms with Gasteiger partial charge in [-0.3, -0.25) is 5.10 Å². The number of thiazole rings is 1. The van der Waals surface area contributed by atoms with Crippen LogP contribution >= 0.6 is 11.3 Å². The molecule has 1 aliphatic heterocycles. The van der Waals surface area contributed by atoms with Crippen molar-refractivity contribution in [3.05, 3.63) is 33.0 Å². The number of aromatic nitrogens is 3. The van der Waals surface area contributed by atoms with Gasteiger partial charge >= 0.3 is 6.03 Å². The van der Waals surface area contributed by atoms with Crippen LogP contribution in [0.3, 0.4) is 0 Å². The van der Waals surface area contributed by atoms with Crippen molar-refractivity contribution in [2.24, 2.45) is 0 Å². The number of hydrogen-bond donors (Lipinski definition) is 2. The molecule has 3 rings (SSSR count). The lowest BCUT2D eigenvalue weighted by Crippen LogP contribution is -2.40. The lowest BCUT2D eigenvalue weighted by molar-refractivity contribution is 0.193. The summed E-state index contributed by atoms with van der Waals surface area (Å²) in [5, 5.41) is 11.5. The minimum Gasteiger partial charge on any atom is -0.338 e. The highest BCUT2D eigenvalue weighted by Gasteiger charge is 2.32. The van der Waals surface area contributed by atoms with E-state index < -0.39 is 0 Å². The molecule has 0 bridgehead atoms. The molecule has 2 aromatic heterocycles. The van der Waals surface area contributed by atoms with Crippen LogP contribution in [0.1, 0.15) is 52.6 Å². The Bertz CT molecular complexity index is 688. The lowest BCUT2D eigenvalue weighted by atomic mass is 10.0. The van der Waals surface area contributed by atoms with Gasteiger partial charge in [-0.15, -0.1) is 11.3 Å². The van der Waals surface area contributed by atoms with Gasteiger partial charge < -0.3 is 10.2 Å². The number of likely N-dealkylation sites (tertiary alicyclic amines) is 1. The first-order chi connectivity index (χ1) is 11.6. The normalized spacial score (nSPS) is 17.5. The smallest absolute Gasteiger partial charge is 0.317 e. The standard InChI is InChI=1S/C17H25N5OS/c1-4-13-10-19-15(24-13)7-8-18-17(23)22-9-5-6-14(22)16-11(2)20-21-12(16)3/h10,14H,4-9H2,1-3H3,(H,18,23)(H,20,21). The van der Waals surface area contributed by atoms with E-state index in [1.54, 1.807) is 11.3 Å². The summed E-state index contributed by atoms with van der Waals surface area (Å²) in [7, 11) is 0. The maximum absolute atomic E-state index is 12.6. The lowest BCUT2D eigenvalue weighted by Gasteiger charge is -2.25. The summed E-state index contributed by atoms with van der Waals surface area (Å²) in [5.41, 5.74) is 3.23. The van der Waals surface area contributed by atoms with Gasteiger partial charge in [0, 0.05) is 41.8 Å². The molecule has 24 heavy (non-hydrogen) atoms. The Morgan fingerprint density at radius 3 is 3.00 bits per heavy atom. The Labute approximate surface area is 146 Å². The number of amides is 2. The van der Waals surface area contributed by atoms with Gasteiger partial charge in [-0.2, -0.15) is 5.10 Å². The molecule has 1 saturated heterocycles. The molecule has 2 amide bonds. The quantitative estimate of drug-likeness (QED) is 0.872. The molecule has 1 atom stereocenters. The second kappa shape index (κ2) is 7.34. The maximum atomic E-state index is 12.6. The van der Waals surface area contributed by atoms with Gasteiger partial charge in [-0.05, 0) is 33.1 Å². The van der Waals surface area contributed by atoms with E-state index in [0.29, 0.717) is 6.54 Å². The van der Waals surface area contributed by atoms with Gasteiger partial charge in [0.15, 0.2) is 0 Å². The predicted molar refractivity (Wildman–Crippen MR) is 95.3 cm³/mol. The van der Waals surface area contributed by atoms with E-state index in [-0.39, 0.29) is 12.1 Å². The fraction of sp³-hybridized carbons (Fsp3) is 0.588. The van der Waals surface area contributed by atoms with Crippen LogP contribution in [0, 0.1) is 13.8 Å². The molecule has 0 radical (unpaired) electrons. The minimum atomic E-state index is 0.0183. The molecular weight excluding hydrogens is 322 g/mol. The number of H-pyrrole nitrogens is 1. The van der Waals surface area contributed by atoms with E-state index in [2.05, 4.69) is 27.4 Å². The largest absolute Gasteiger partial charge is 0.338 e. The monoisotopic (exact) mass is 347 g/mol. The van der Waals surface area contributed by atoms with Crippen molar-refractivity contribution >= 4 is 17.4 Å². The molecule has 2 N–H and O–H groups in total. The zero-order chi connectivity index (χ0) is 17.1. The van der Waals surface area contributed by atoms with E-state index in [9.17, 15) is 4.79 Å². The van der Waals surface area contributed by atoms with Gasteiger partial charge in [0.2, 0.25) is 0 Å². The molecule has 3 heterocycles. The van der Waals surface area contributed by atoms with Crippen LogP contribution in [-0.2, 0) is 12.8 Å². The molecule has 0 aromatic carbocycles. The summed E-state index contributed by atoms with van der Waals surface area (Å²) in [4.78, 5) is 20.2. The Balaban J connectivity index is 1.58. The fourth-order valence-electron chi connectivity index (χ4n) is 3.37. The molecule has 6 nitrogen and oxygen atoms in total. The third-order valence-corrected chi connectivity index (χ3v) is 5.80. The Kier molecular flexibility index (Phi) is 5.18. The van der Waals surface area contributed by atoms with Crippen molar-refractivity contribution in [2.45, 2.75) is 52.5 Å². The molecule has 0 saturated carbocycles. The van der Waals surface area contributed by atoms with E-state index >= 15 is 0 Å². The summed E-state index contributed by atoms with van der Waals surface area (Å²) in [6.07, 6.45) is 5.78. The van der Waals surface area contributed by atoms with Crippen LogP contribution in [0.15, 0.2) is 6.20 Å². The van der Waals surface area contributed by atoms with Crippen molar-refractivity contribution in [1.82, 2.24) is 25.4 Å². The molecule has 1 unspecified atom stereocenters. The topological polar surface area (TPSA) is 73.9 Å². The van der Waals surface area contributed by atoms with Crippen molar-refractivity contribution in [2.75, 3.05) is 13.1 Å². The van der Waals surface area contributed by atoms with Crippen LogP contribution in [0.4, 0.5) is 4.79 Å². The summed E-state index contributed by atoms with van der Waals surface area (Å²) in [6.45, 7) is 7.59. The van der Waals surface area contributed by atoms with Gasteiger partial charge in [0.25, 0.3) is 0 Å². The average molecular weight is 347 g/mol. The summed E-state index contributed by atoms with van der Waals surface area (Å²) >= 11 is 1.73. The van der Waals surface area contributed by atoms with E-state index in [1.807, 2.05) is 24.9 Å². The van der Waals surface area contributed by atoms with Crippen LogP contribution in [0.25, 0.3) is 0 Å². The highest BCUT2D eigenvalue weighted by Crippen LogP contribution is 2.34. The van der Waals surface area contributed by atoms with Crippen LogP contribution in [0.5, 0.6) is 0 Å². The SMILES string of the molecule is CCc1cnc(CCNC(=O)N2CCCC2c2c(C)n[nH]c2C)s1. The number of hydrogen-bond acceptors (Lipinski definition) is 4. The van der Waals surface area contributed by atoms with Gasteiger partial charge in [0.05, 0.1) is 16.7 Å². The number of nitrogens with zero attached hydrogens (tertiary/aromatic N) is 3. The zero-order valence-corrected chi connectivity index (χ0v) is 15.4. The van der Waals surface area contributed by atoms with Crippen LogP contribution in [0.2, 0.25) is 0 Å². The first-order valence-electron chi connectivity index (χ1n) is 8.59. The zero-order valence-electron chi connectivity index (χ0n) is 14.6. The first kappa shape index (κ1) is 17.0. The van der Waals surface area contributed by atoms with Crippen molar-refractivity contribution in [3.63, 3.8) is 0 Å². The summed E-state index contributed by atoms with van der Waals surface area (Å²) in [5.74, 6) is 0. The number of urea groups is 1. The van der Waals surface area contributed by atoms with Crippen LogP contribution < -0.4 is 5.32 Å². The second-order valence-corrected chi connectivity index (χ2v) is 7.45. The third kappa shape index (κ3) is 3.45. The van der Waals surface area contributed by atoms with Gasteiger partial charge in [0.1, 0.15) is 0 Å². The number of nitrogens with one attached hydrogen (secondary N) is 2. The maximum Gasteiger partial charge on any atom is 0.317 e. The number of aromatic amines is 1. The molecular formula is C17H25N5OS. The first-order valence-corrected chi connectivity index (χ1v) is 9.41. The minimum absolute atomic E-state index is 0.0183. The Morgan fingerprint density at radius 1 is 1.50 bits per heavy atom. The van der Waals surface area contributed by atoms with E-state index in [4.69, 9.17) is 0 Å². The van der Waals surface area contributed by atoms with E-state index in [0.717, 1.165) is 48.6 Å². The molecule has 0 spiro atoms. The predicted octanol–water partition coefficient (Wildman–Crippen LogP) is 3.13. The molecule has 1 aliphatic rings. The molecule has 130 valence electrons. The number of carbonyl (C=O) groups is 1. The third-order valence-electron chi connectivity index (χ3n) is 4.60. The Morgan fingerprint density at radius 2 is 2.33 bits per heavy atom. The number of carbonyl (C=O) groups excluding carboxylic acids is 1. The van der Waals surface area contributed by atoms with Crippen molar-refractivity contribution in [1.29, 1.82) is 0 Å². The van der Waals surface area contributed by atoms with Crippen molar-refractivity contribution < 1.29 is 4.79 Å². The van der Waals surface area contributed by atoms with Gasteiger partial charge in [-0.25, -0.2) is 9.78 Å². The highest BCUT2D eigenvalue weighted by atomic mass is 32.1. The van der Waals surface area contributed by atoms with Gasteiger partial charge in [-0.1, -0.05) is 6.92 Å². The molecule has 2 aromatic rings. The summed E-state index contributed by atoms with van der Waals surface area (Å²) < 4.78 is 0. The summed E-state index contributed by atoms with van der Waals surface area (Å²) in [6, 6.07) is 0.153. The molecule has 1 fully saturated rings. The van der Waals surface area contributed by atoms with Crippen LogP contribution in [-0.4, -0.2) is 39.2 Å².